The smallest absolute Gasteiger partial charge is 0.0680 e. The van der Waals surface area contributed by atoms with Crippen molar-refractivity contribution in [3.05, 3.63) is 61.1 Å². The second-order valence-corrected chi connectivity index (χ2v) is 4.77. The molecule has 0 fully saturated rings. The molecule has 1 heterocycles. The summed E-state index contributed by atoms with van der Waals surface area (Å²) in [4.78, 5) is 2.24. The average Bonchev–Trinajstić information content (AvgIpc) is 2.40. The largest absolute Gasteiger partial charge is 0.398 e. The normalized spacial score (nSPS) is 21.6. The van der Waals surface area contributed by atoms with Gasteiger partial charge in [-0.15, -0.1) is 6.58 Å². The standard InChI is InChI=1S/C16H25N3/c1-5-6-7-16(14(3)18-4)19-11-10-13(2)8-9-15(17)12-19/h5,8-9,12,16,18H,1-3,6-7,10-11,17H2,4H3/b9-8-,15-12+. The van der Waals surface area contributed by atoms with Crippen molar-refractivity contribution in [2.45, 2.75) is 25.3 Å². The zero-order valence-electron chi connectivity index (χ0n) is 11.9. The number of nitrogens with zero attached hydrogens (tertiary/aromatic N) is 1. The summed E-state index contributed by atoms with van der Waals surface area (Å²) >= 11 is 0. The van der Waals surface area contributed by atoms with Gasteiger partial charge in [0.15, 0.2) is 0 Å². The van der Waals surface area contributed by atoms with E-state index in [1.807, 2.05) is 31.5 Å². The minimum Gasteiger partial charge on any atom is -0.398 e. The number of hydrogen-bond donors (Lipinski definition) is 2. The molecule has 3 nitrogen and oxygen atoms in total. The van der Waals surface area contributed by atoms with Crippen molar-refractivity contribution < 1.29 is 0 Å². The van der Waals surface area contributed by atoms with Crippen molar-refractivity contribution in [1.29, 1.82) is 0 Å². The Labute approximate surface area is 116 Å². The molecule has 0 saturated heterocycles. The maximum Gasteiger partial charge on any atom is 0.0680 e. The zero-order valence-corrected chi connectivity index (χ0v) is 11.9. The number of rotatable bonds is 6. The predicted octanol–water partition coefficient (Wildman–Crippen LogP) is 2.67. The van der Waals surface area contributed by atoms with E-state index in [0.29, 0.717) is 0 Å². The molecule has 1 aliphatic rings. The Morgan fingerprint density at radius 3 is 2.95 bits per heavy atom. The van der Waals surface area contributed by atoms with Gasteiger partial charge in [0.1, 0.15) is 0 Å². The Kier molecular flexibility index (Phi) is 6.00. The van der Waals surface area contributed by atoms with Gasteiger partial charge in [-0.05, 0) is 25.3 Å². The summed E-state index contributed by atoms with van der Waals surface area (Å²) in [5.41, 5.74) is 8.83. The molecule has 19 heavy (non-hydrogen) atoms. The Bertz CT molecular complexity index is 404. The highest BCUT2D eigenvalue weighted by atomic mass is 15.2. The molecule has 0 aliphatic carbocycles. The van der Waals surface area contributed by atoms with Crippen LogP contribution in [0.3, 0.4) is 0 Å². The van der Waals surface area contributed by atoms with E-state index in [9.17, 15) is 0 Å². The number of hydrogen-bond acceptors (Lipinski definition) is 3. The molecule has 0 aromatic rings. The van der Waals surface area contributed by atoms with E-state index in [-0.39, 0.29) is 6.04 Å². The number of allylic oxidation sites excluding steroid dienone is 3. The highest BCUT2D eigenvalue weighted by Gasteiger charge is 2.18. The number of nitrogens with one attached hydrogen (secondary N) is 1. The van der Waals surface area contributed by atoms with Crippen LogP contribution >= 0.6 is 0 Å². The van der Waals surface area contributed by atoms with E-state index in [4.69, 9.17) is 5.73 Å². The van der Waals surface area contributed by atoms with E-state index in [0.717, 1.165) is 42.8 Å². The minimum absolute atomic E-state index is 0.223. The monoisotopic (exact) mass is 259 g/mol. The Morgan fingerprint density at radius 2 is 2.32 bits per heavy atom. The third-order valence-corrected chi connectivity index (χ3v) is 3.29. The summed E-state index contributed by atoms with van der Waals surface area (Å²) in [5, 5.41) is 3.15. The Morgan fingerprint density at radius 1 is 1.58 bits per heavy atom. The number of likely N-dealkylation sites (N-methyl/N-ethyl adjacent to an activating group) is 1. The molecule has 0 aromatic heterocycles. The summed E-state index contributed by atoms with van der Waals surface area (Å²) in [5.74, 6) is 0. The first-order valence-electron chi connectivity index (χ1n) is 6.64. The average molecular weight is 259 g/mol. The zero-order chi connectivity index (χ0) is 14.3. The van der Waals surface area contributed by atoms with Crippen molar-refractivity contribution in [2.75, 3.05) is 13.6 Å². The molecule has 0 aromatic carbocycles. The lowest BCUT2D eigenvalue weighted by atomic mass is 10.0. The van der Waals surface area contributed by atoms with Crippen LogP contribution in [-0.4, -0.2) is 24.5 Å². The van der Waals surface area contributed by atoms with Gasteiger partial charge < -0.3 is 16.0 Å². The van der Waals surface area contributed by atoms with Crippen LogP contribution in [0.5, 0.6) is 0 Å². The van der Waals surface area contributed by atoms with Gasteiger partial charge >= 0.3 is 0 Å². The Balaban J connectivity index is 2.91. The van der Waals surface area contributed by atoms with Crippen LogP contribution in [0.2, 0.25) is 0 Å². The molecule has 3 N–H and O–H groups in total. The van der Waals surface area contributed by atoms with Crippen molar-refractivity contribution in [1.82, 2.24) is 10.2 Å². The van der Waals surface area contributed by atoms with Crippen LogP contribution < -0.4 is 11.1 Å². The SMILES string of the molecule is C=CCCC(C(=C)NC)N1/C=C(N)\C=C/C(=C)CC1. The van der Waals surface area contributed by atoms with Gasteiger partial charge in [0.25, 0.3) is 0 Å². The molecule has 0 radical (unpaired) electrons. The Hall–Kier alpha value is -1.90. The van der Waals surface area contributed by atoms with E-state index < -0.39 is 0 Å². The summed E-state index contributed by atoms with van der Waals surface area (Å²) in [6, 6.07) is 0.223. The molecule has 1 aliphatic heterocycles. The van der Waals surface area contributed by atoms with E-state index >= 15 is 0 Å². The summed E-state index contributed by atoms with van der Waals surface area (Å²) < 4.78 is 0. The van der Waals surface area contributed by atoms with Crippen LogP contribution in [-0.2, 0) is 0 Å². The predicted molar refractivity (Wildman–Crippen MR) is 83.3 cm³/mol. The highest BCUT2D eigenvalue weighted by molar-refractivity contribution is 5.26. The van der Waals surface area contributed by atoms with Gasteiger partial charge in [-0.25, -0.2) is 0 Å². The lowest BCUT2D eigenvalue weighted by molar-refractivity contribution is 0.289. The third-order valence-electron chi connectivity index (χ3n) is 3.29. The molecule has 104 valence electrons. The summed E-state index contributed by atoms with van der Waals surface area (Å²) in [6.45, 7) is 12.8. The maximum absolute atomic E-state index is 5.99. The topological polar surface area (TPSA) is 41.3 Å². The second kappa shape index (κ2) is 7.52. The molecule has 0 saturated carbocycles. The fourth-order valence-electron chi connectivity index (χ4n) is 2.10. The molecule has 1 rings (SSSR count). The lowest BCUT2D eigenvalue weighted by Crippen LogP contribution is -2.37. The van der Waals surface area contributed by atoms with Crippen LogP contribution in [0.1, 0.15) is 19.3 Å². The first kappa shape index (κ1) is 15.2. The van der Waals surface area contributed by atoms with Crippen LogP contribution in [0.15, 0.2) is 61.1 Å². The van der Waals surface area contributed by atoms with Gasteiger partial charge in [-0.2, -0.15) is 0 Å². The fourth-order valence-corrected chi connectivity index (χ4v) is 2.10. The lowest BCUT2D eigenvalue weighted by Gasteiger charge is -2.33. The maximum atomic E-state index is 5.99. The van der Waals surface area contributed by atoms with E-state index in [1.54, 1.807) is 0 Å². The van der Waals surface area contributed by atoms with Gasteiger partial charge in [0.05, 0.1) is 6.04 Å². The van der Waals surface area contributed by atoms with Gasteiger partial charge in [0.2, 0.25) is 0 Å². The molecule has 1 atom stereocenters. The van der Waals surface area contributed by atoms with Crippen LogP contribution in [0.4, 0.5) is 0 Å². The molecular weight excluding hydrogens is 234 g/mol. The molecular formula is C16H25N3. The fraction of sp³-hybridized carbons (Fsp3) is 0.375. The highest BCUT2D eigenvalue weighted by Crippen LogP contribution is 2.18. The summed E-state index contributed by atoms with van der Waals surface area (Å²) in [6.07, 6.45) is 10.7. The third kappa shape index (κ3) is 4.70. The quantitative estimate of drug-likeness (QED) is 0.721. The van der Waals surface area contributed by atoms with Crippen LogP contribution in [0.25, 0.3) is 0 Å². The molecule has 0 spiro atoms. The van der Waals surface area contributed by atoms with Crippen molar-refractivity contribution in [3.8, 4) is 0 Å². The van der Waals surface area contributed by atoms with Crippen molar-refractivity contribution >= 4 is 0 Å². The molecule has 3 heteroatoms. The van der Waals surface area contributed by atoms with Gasteiger partial charge in [0, 0.05) is 31.2 Å². The number of nitrogens with two attached hydrogens (primary N) is 1. The first-order chi connectivity index (χ1) is 9.08. The summed E-state index contributed by atoms with van der Waals surface area (Å²) in [7, 11) is 1.90. The first-order valence-corrected chi connectivity index (χ1v) is 6.64. The van der Waals surface area contributed by atoms with Crippen molar-refractivity contribution in [3.63, 3.8) is 0 Å². The van der Waals surface area contributed by atoms with Gasteiger partial charge in [-0.3, -0.25) is 0 Å². The van der Waals surface area contributed by atoms with E-state index in [2.05, 4.69) is 30.0 Å². The van der Waals surface area contributed by atoms with Crippen molar-refractivity contribution in [2.24, 2.45) is 5.73 Å². The van der Waals surface area contributed by atoms with Gasteiger partial charge in [-0.1, -0.05) is 30.9 Å². The minimum atomic E-state index is 0.223. The second-order valence-electron chi connectivity index (χ2n) is 4.77. The molecule has 0 amide bonds. The molecule has 1 unspecified atom stereocenters. The van der Waals surface area contributed by atoms with Crippen LogP contribution in [0, 0.1) is 0 Å². The van der Waals surface area contributed by atoms with E-state index in [1.165, 1.54) is 0 Å². The molecule has 0 bridgehead atoms.